The average molecular weight is 262 g/mol. The zero-order valence-electron chi connectivity index (χ0n) is 10.3. The number of nitrogens with zero attached hydrogens (tertiary/aromatic N) is 1. The number of phenolic OH excluding ortho intramolecular Hbond substituents is 1. The normalized spacial score (nSPS) is 13.4. The highest BCUT2D eigenvalue weighted by Crippen LogP contribution is 2.36. The van der Waals surface area contributed by atoms with Crippen LogP contribution in [0.25, 0.3) is 0 Å². The van der Waals surface area contributed by atoms with Gasteiger partial charge in [-0.15, -0.1) is 0 Å². The Morgan fingerprint density at radius 1 is 1.28 bits per heavy atom. The van der Waals surface area contributed by atoms with E-state index in [1.54, 1.807) is 0 Å². The van der Waals surface area contributed by atoms with Crippen LogP contribution in [0.15, 0.2) is 18.2 Å². The first kappa shape index (κ1) is 14.6. The van der Waals surface area contributed by atoms with Crippen LogP contribution >= 0.6 is 0 Å². The fourth-order valence-corrected chi connectivity index (χ4v) is 1.76. The molecule has 3 nitrogen and oxygen atoms in total. The third-order valence-corrected chi connectivity index (χ3v) is 2.83. The summed E-state index contributed by atoms with van der Waals surface area (Å²) in [4.78, 5) is 1.92. The van der Waals surface area contributed by atoms with Crippen LogP contribution in [-0.4, -0.2) is 24.4 Å². The Balaban J connectivity index is 3.07. The SMILES string of the molecule is CCN(CC)c1ccc([C@H](N)C(F)(F)F)c(O)c1. The number of hydrogen-bond acceptors (Lipinski definition) is 3. The van der Waals surface area contributed by atoms with Crippen LogP contribution in [0.1, 0.15) is 25.5 Å². The Morgan fingerprint density at radius 2 is 1.83 bits per heavy atom. The van der Waals surface area contributed by atoms with Crippen molar-refractivity contribution in [1.82, 2.24) is 0 Å². The summed E-state index contributed by atoms with van der Waals surface area (Å²) in [5.74, 6) is -0.427. The second-order valence-corrected chi connectivity index (χ2v) is 3.93. The van der Waals surface area contributed by atoms with E-state index in [1.165, 1.54) is 18.2 Å². The molecule has 1 aromatic carbocycles. The Kier molecular flexibility index (Phi) is 4.45. The van der Waals surface area contributed by atoms with Gasteiger partial charge in [0.25, 0.3) is 0 Å². The highest BCUT2D eigenvalue weighted by Gasteiger charge is 2.39. The van der Waals surface area contributed by atoms with E-state index in [2.05, 4.69) is 0 Å². The maximum Gasteiger partial charge on any atom is 0.407 e. The summed E-state index contributed by atoms with van der Waals surface area (Å²) in [6, 6.07) is 1.91. The fourth-order valence-electron chi connectivity index (χ4n) is 1.76. The molecule has 0 heterocycles. The van der Waals surface area contributed by atoms with E-state index < -0.39 is 18.0 Å². The highest BCUT2D eigenvalue weighted by molar-refractivity contribution is 5.54. The molecule has 1 rings (SSSR count). The molecule has 0 aliphatic heterocycles. The summed E-state index contributed by atoms with van der Waals surface area (Å²) in [5, 5.41) is 9.66. The quantitative estimate of drug-likeness (QED) is 0.877. The van der Waals surface area contributed by atoms with Crippen LogP contribution in [-0.2, 0) is 0 Å². The van der Waals surface area contributed by atoms with E-state index in [0.717, 1.165) is 0 Å². The summed E-state index contributed by atoms with van der Waals surface area (Å²) in [6.07, 6.45) is -4.56. The Labute approximate surface area is 104 Å². The summed E-state index contributed by atoms with van der Waals surface area (Å²) in [7, 11) is 0. The number of rotatable bonds is 4. The standard InChI is InChI=1S/C12H17F3N2O/c1-3-17(4-2)8-5-6-9(10(18)7-8)11(16)12(13,14)15/h5-7,11,18H,3-4,16H2,1-2H3/t11-/m0/s1. The number of benzene rings is 1. The van der Waals surface area contributed by atoms with Crippen molar-refractivity contribution in [1.29, 1.82) is 0 Å². The predicted octanol–water partition coefficient (Wildman–Crippen LogP) is 2.80. The molecule has 0 aliphatic carbocycles. The van der Waals surface area contributed by atoms with Gasteiger partial charge in [-0.2, -0.15) is 13.2 Å². The smallest absolute Gasteiger partial charge is 0.407 e. The molecule has 102 valence electrons. The van der Waals surface area contributed by atoms with E-state index in [4.69, 9.17) is 5.73 Å². The molecular formula is C12H17F3N2O. The van der Waals surface area contributed by atoms with Crippen molar-refractivity contribution in [3.05, 3.63) is 23.8 Å². The van der Waals surface area contributed by atoms with Gasteiger partial charge in [0.05, 0.1) is 0 Å². The Bertz CT molecular complexity index is 403. The first-order valence-corrected chi connectivity index (χ1v) is 5.71. The molecule has 0 saturated carbocycles. The van der Waals surface area contributed by atoms with Crippen molar-refractivity contribution in [3.8, 4) is 5.75 Å². The lowest BCUT2D eigenvalue weighted by Crippen LogP contribution is -2.28. The van der Waals surface area contributed by atoms with Crippen molar-refractivity contribution in [2.75, 3.05) is 18.0 Å². The van der Waals surface area contributed by atoms with E-state index in [-0.39, 0.29) is 5.56 Å². The van der Waals surface area contributed by atoms with Gasteiger partial charge in [0.2, 0.25) is 0 Å². The van der Waals surface area contributed by atoms with Gasteiger partial charge in [0.1, 0.15) is 11.8 Å². The molecule has 0 unspecified atom stereocenters. The van der Waals surface area contributed by atoms with Crippen LogP contribution in [0.3, 0.4) is 0 Å². The maximum atomic E-state index is 12.5. The number of phenols is 1. The maximum absolute atomic E-state index is 12.5. The minimum atomic E-state index is -4.56. The van der Waals surface area contributed by atoms with Crippen molar-refractivity contribution in [3.63, 3.8) is 0 Å². The molecule has 0 amide bonds. The lowest BCUT2D eigenvalue weighted by Gasteiger charge is -2.23. The molecular weight excluding hydrogens is 245 g/mol. The lowest BCUT2D eigenvalue weighted by atomic mass is 10.1. The minimum Gasteiger partial charge on any atom is -0.508 e. The third kappa shape index (κ3) is 3.07. The largest absolute Gasteiger partial charge is 0.508 e. The number of halogens is 3. The summed E-state index contributed by atoms with van der Waals surface area (Å²) >= 11 is 0. The van der Waals surface area contributed by atoms with Crippen molar-refractivity contribution >= 4 is 5.69 Å². The number of alkyl halides is 3. The topological polar surface area (TPSA) is 49.5 Å². The molecule has 0 aliphatic rings. The van der Waals surface area contributed by atoms with Crippen molar-refractivity contribution in [2.24, 2.45) is 5.73 Å². The molecule has 0 radical (unpaired) electrons. The van der Waals surface area contributed by atoms with Crippen LogP contribution in [0.4, 0.5) is 18.9 Å². The highest BCUT2D eigenvalue weighted by atomic mass is 19.4. The first-order valence-electron chi connectivity index (χ1n) is 5.71. The van der Waals surface area contributed by atoms with Gasteiger partial charge in [-0.25, -0.2) is 0 Å². The summed E-state index contributed by atoms with van der Waals surface area (Å²) < 4.78 is 37.4. The molecule has 18 heavy (non-hydrogen) atoms. The van der Waals surface area contributed by atoms with Gasteiger partial charge in [-0.3, -0.25) is 0 Å². The molecule has 6 heteroatoms. The van der Waals surface area contributed by atoms with Gasteiger partial charge in [-0.1, -0.05) is 6.07 Å². The monoisotopic (exact) mass is 262 g/mol. The van der Waals surface area contributed by atoms with Gasteiger partial charge < -0.3 is 15.7 Å². The van der Waals surface area contributed by atoms with E-state index in [0.29, 0.717) is 18.8 Å². The molecule has 1 atom stereocenters. The number of hydrogen-bond donors (Lipinski definition) is 2. The molecule has 0 spiro atoms. The predicted molar refractivity (Wildman–Crippen MR) is 64.7 cm³/mol. The molecule has 0 bridgehead atoms. The molecule has 1 aromatic rings. The molecule has 0 aromatic heterocycles. The van der Waals surface area contributed by atoms with E-state index in [1.807, 2.05) is 18.7 Å². The van der Waals surface area contributed by atoms with Gasteiger partial charge in [0, 0.05) is 30.4 Å². The molecule has 3 N–H and O–H groups in total. The Hall–Kier alpha value is -1.43. The lowest BCUT2D eigenvalue weighted by molar-refractivity contribution is -0.149. The number of anilines is 1. The van der Waals surface area contributed by atoms with Crippen molar-refractivity contribution in [2.45, 2.75) is 26.1 Å². The van der Waals surface area contributed by atoms with Crippen LogP contribution in [0.5, 0.6) is 5.75 Å². The van der Waals surface area contributed by atoms with Crippen LogP contribution < -0.4 is 10.6 Å². The van der Waals surface area contributed by atoms with Gasteiger partial charge in [0.15, 0.2) is 0 Å². The van der Waals surface area contributed by atoms with Crippen molar-refractivity contribution < 1.29 is 18.3 Å². The zero-order valence-corrected chi connectivity index (χ0v) is 10.3. The van der Waals surface area contributed by atoms with Crippen LogP contribution in [0, 0.1) is 0 Å². The third-order valence-electron chi connectivity index (χ3n) is 2.83. The van der Waals surface area contributed by atoms with E-state index in [9.17, 15) is 18.3 Å². The number of nitrogens with two attached hydrogens (primary N) is 1. The fraction of sp³-hybridized carbons (Fsp3) is 0.500. The zero-order chi connectivity index (χ0) is 13.9. The van der Waals surface area contributed by atoms with Gasteiger partial charge in [-0.05, 0) is 19.9 Å². The second kappa shape index (κ2) is 5.48. The minimum absolute atomic E-state index is 0.307. The second-order valence-electron chi connectivity index (χ2n) is 3.93. The number of aromatic hydroxyl groups is 1. The Morgan fingerprint density at radius 3 is 2.22 bits per heavy atom. The molecule has 0 saturated heterocycles. The summed E-state index contributed by atoms with van der Waals surface area (Å²) in [6.45, 7) is 5.27. The first-order chi connectivity index (χ1) is 8.31. The van der Waals surface area contributed by atoms with Gasteiger partial charge >= 0.3 is 6.18 Å². The van der Waals surface area contributed by atoms with Crippen LogP contribution in [0.2, 0.25) is 0 Å². The van der Waals surface area contributed by atoms with E-state index >= 15 is 0 Å². The average Bonchev–Trinajstić information content (AvgIpc) is 2.29. The summed E-state index contributed by atoms with van der Waals surface area (Å²) in [5.41, 5.74) is 5.43. The molecule has 0 fully saturated rings.